The van der Waals surface area contributed by atoms with Crippen LogP contribution in [-0.4, -0.2) is 13.2 Å². The van der Waals surface area contributed by atoms with E-state index in [0.29, 0.717) is 42.9 Å². The molecule has 2 rings (SSSR count). The fourth-order valence-electron chi connectivity index (χ4n) is 2.16. The fourth-order valence-corrected chi connectivity index (χ4v) is 2.16. The van der Waals surface area contributed by atoms with Gasteiger partial charge in [-0.2, -0.15) is 0 Å². The van der Waals surface area contributed by atoms with Crippen molar-refractivity contribution in [2.45, 2.75) is 25.7 Å². The van der Waals surface area contributed by atoms with Gasteiger partial charge in [0.15, 0.2) is 0 Å². The highest BCUT2D eigenvalue weighted by atomic mass is 19.1. The number of rotatable bonds is 3. The summed E-state index contributed by atoms with van der Waals surface area (Å²) in [6.07, 6.45) is 1.18. The smallest absolute Gasteiger partial charge is 0.133 e. The normalized spacial score (nSPS) is 15.8. The lowest BCUT2D eigenvalue weighted by Gasteiger charge is -2.16. The minimum absolute atomic E-state index is 0.0440. The predicted molar refractivity (Wildman–Crippen MR) is 57.6 cm³/mol. The summed E-state index contributed by atoms with van der Waals surface area (Å²) in [7, 11) is 0. The number of nitrogens with two attached hydrogens (primary N) is 1. The predicted octanol–water partition coefficient (Wildman–Crippen LogP) is 2.35. The summed E-state index contributed by atoms with van der Waals surface area (Å²) in [4.78, 5) is 0. The maximum Gasteiger partial charge on any atom is 0.133 e. The summed E-state index contributed by atoms with van der Waals surface area (Å²) in [5.74, 6) is -0.677. The Balaban J connectivity index is 2.48. The molecule has 0 amide bonds. The van der Waals surface area contributed by atoms with E-state index in [0.717, 1.165) is 6.07 Å². The lowest BCUT2D eigenvalue weighted by Crippen LogP contribution is -2.08. The molecule has 0 bridgehead atoms. The zero-order valence-corrected chi connectivity index (χ0v) is 9.22. The first kappa shape index (κ1) is 11.3. The van der Waals surface area contributed by atoms with Crippen LogP contribution < -0.4 is 10.5 Å². The topological polar surface area (TPSA) is 35.2 Å². The molecular weight excluding hydrogens is 212 g/mol. The summed E-state index contributed by atoms with van der Waals surface area (Å²) in [5, 5.41) is 0. The Kier molecular flexibility index (Phi) is 3.10. The Morgan fingerprint density at radius 3 is 2.88 bits per heavy atom. The molecule has 88 valence electrons. The largest absolute Gasteiger partial charge is 0.492 e. The molecule has 0 aliphatic carbocycles. The molecule has 16 heavy (non-hydrogen) atoms. The molecule has 4 heteroatoms. The first-order chi connectivity index (χ1) is 7.65. The molecule has 1 aliphatic heterocycles. The molecule has 0 fully saturated rings. The van der Waals surface area contributed by atoms with Crippen molar-refractivity contribution < 1.29 is 13.5 Å². The Hall–Kier alpha value is -1.16. The Labute approximate surface area is 93.4 Å². The van der Waals surface area contributed by atoms with Gasteiger partial charge in [0.05, 0.1) is 6.61 Å². The summed E-state index contributed by atoms with van der Waals surface area (Å²) >= 11 is 0. The number of ether oxygens (including phenoxy) is 1. The van der Waals surface area contributed by atoms with Gasteiger partial charge < -0.3 is 10.5 Å². The minimum atomic E-state index is -0.529. The van der Waals surface area contributed by atoms with Crippen LogP contribution in [0, 0.1) is 11.6 Å². The van der Waals surface area contributed by atoms with Crippen molar-refractivity contribution >= 4 is 0 Å². The van der Waals surface area contributed by atoms with Crippen LogP contribution in [0.2, 0.25) is 0 Å². The molecule has 1 aromatic rings. The number of benzene rings is 1. The van der Waals surface area contributed by atoms with Gasteiger partial charge in [0.1, 0.15) is 17.4 Å². The van der Waals surface area contributed by atoms with Crippen LogP contribution in [0.25, 0.3) is 0 Å². The molecule has 0 aromatic heterocycles. The van der Waals surface area contributed by atoms with Gasteiger partial charge in [-0.25, -0.2) is 8.78 Å². The van der Waals surface area contributed by atoms with E-state index in [1.807, 2.05) is 6.92 Å². The molecular formula is C12H15F2NO. The average molecular weight is 227 g/mol. The quantitative estimate of drug-likeness (QED) is 0.860. The van der Waals surface area contributed by atoms with Gasteiger partial charge in [-0.05, 0) is 18.9 Å². The second-order valence-electron chi connectivity index (χ2n) is 4.14. The maximum absolute atomic E-state index is 13.7. The van der Waals surface area contributed by atoms with Crippen LogP contribution in [0.3, 0.4) is 0 Å². The molecule has 1 heterocycles. The van der Waals surface area contributed by atoms with Crippen molar-refractivity contribution in [3.63, 3.8) is 0 Å². The second-order valence-corrected chi connectivity index (χ2v) is 4.14. The van der Waals surface area contributed by atoms with Crippen molar-refractivity contribution in [2.75, 3.05) is 13.2 Å². The van der Waals surface area contributed by atoms with Crippen molar-refractivity contribution in [3.8, 4) is 5.75 Å². The van der Waals surface area contributed by atoms with E-state index in [4.69, 9.17) is 10.5 Å². The van der Waals surface area contributed by atoms with Gasteiger partial charge in [-0.3, -0.25) is 0 Å². The second kappa shape index (κ2) is 4.37. The van der Waals surface area contributed by atoms with Gasteiger partial charge in [0, 0.05) is 23.6 Å². The number of hydrogen-bond acceptors (Lipinski definition) is 2. The highest BCUT2D eigenvalue weighted by Crippen LogP contribution is 2.38. The van der Waals surface area contributed by atoms with Gasteiger partial charge >= 0.3 is 0 Å². The van der Waals surface area contributed by atoms with Crippen molar-refractivity contribution in [3.05, 3.63) is 28.8 Å². The number of halogens is 2. The zero-order valence-electron chi connectivity index (χ0n) is 9.22. The molecule has 1 unspecified atom stereocenters. The van der Waals surface area contributed by atoms with Crippen molar-refractivity contribution in [2.24, 2.45) is 5.73 Å². The molecule has 0 saturated heterocycles. The third-order valence-corrected chi connectivity index (χ3v) is 3.01. The molecule has 0 radical (unpaired) electrons. The van der Waals surface area contributed by atoms with E-state index in [1.165, 1.54) is 0 Å². The lowest BCUT2D eigenvalue weighted by molar-refractivity contribution is 0.348. The van der Waals surface area contributed by atoms with Crippen LogP contribution in [0.4, 0.5) is 8.78 Å². The van der Waals surface area contributed by atoms with Gasteiger partial charge in [0.2, 0.25) is 0 Å². The first-order valence-corrected chi connectivity index (χ1v) is 5.48. The van der Waals surface area contributed by atoms with E-state index in [9.17, 15) is 8.78 Å². The third-order valence-electron chi connectivity index (χ3n) is 3.01. The van der Waals surface area contributed by atoms with E-state index in [2.05, 4.69) is 0 Å². The Morgan fingerprint density at radius 2 is 2.19 bits per heavy atom. The van der Waals surface area contributed by atoms with Crippen LogP contribution in [0.5, 0.6) is 5.75 Å². The average Bonchev–Trinajstić information content (AvgIpc) is 2.66. The molecule has 0 spiro atoms. The van der Waals surface area contributed by atoms with Crippen LogP contribution >= 0.6 is 0 Å². The van der Waals surface area contributed by atoms with Crippen molar-refractivity contribution in [1.82, 2.24) is 0 Å². The van der Waals surface area contributed by atoms with Crippen molar-refractivity contribution in [1.29, 1.82) is 0 Å². The molecule has 1 aromatic carbocycles. The first-order valence-electron chi connectivity index (χ1n) is 5.48. The van der Waals surface area contributed by atoms with Gasteiger partial charge in [0.25, 0.3) is 0 Å². The summed E-state index contributed by atoms with van der Waals surface area (Å²) in [6, 6.07) is 0.954. The SMILES string of the molecule is CC(CCN)c1c(F)cc(F)c2c1OCC2. The fraction of sp³-hybridized carbons (Fsp3) is 0.500. The molecule has 1 aliphatic rings. The number of fused-ring (bicyclic) bond motifs is 1. The Morgan fingerprint density at radius 1 is 1.44 bits per heavy atom. The molecule has 2 nitrogen and oxygen atoms in total. The summed E-state index contributed by atoms with van der Waals surface area (Å²) in [6.45, 7) is 2.79. The minimum Gasteiger partial charge on any atom is -0.492 e. The Bertz CT molecular complexity index is 406. The zero-order chi connectivity index (χ0) is 11.7. The van der Waals surface area contributed by atoms with Crippen LogP contribution in [0.1, 0.15) is 30.4 Å². The van der Waals surface area contributed by atoms with Crippen LogP contribution in [0.15, 0.2) is 6.07 Å². The maximum atomic E-state index is 13.7. The highest BCUT2D eigenvalue weighted by molar-refractivity contribution is 5.47. The summed E-state index contributed by atoms with van der Waals surface area (Å²) < 4.78 is 32.5. The highest BCUT2D eigenvalue weighted by Gasteiger charge is 2.26. The third kappa shape index (κ3) is 1.78. The lowest BCUT2D eigenvalue weighted by atomic mass is 9.94. The number of hydrogen-bond donors (Lipinski definition) is 1. The molecule has 0 saturated carbocycles. The monoisotopic (exact) mass is 227 g/mol. The molecule has 2 N–H and O–H groups in total. The molecule has 1 atom stereocenters. The van der Waals surface area contributed by atoms with E-state index in [1.54, 1.807) is 0 Å². The standard InChI is InChI=1S/C12H15F2NO/c1-7(2-4-15)11-10(14)6-9(13)8-3-5-16-12(8)11/h6-7H,2-5,15H2,1H3. The van der Waals surface area contributed by atoms with Crippen LogP contribution in [-0.2, 0) is 6.42 Å². The van der Waals surface area contributed by atoms with E-state index in [-0.39, 0.29) is 5.92 Å². The van der Waals surface area contributed by atoms with E-state index >= 15 is 0 Å². The van der Waals surface area contributed by atoms with E-state index < -0.39 is 11.6 Å². The van der Waals surface area contributed by atoms with Gasteiger partial charge in [-0.1, -0.05) is 6.92 Å². The summed E-state index contributed by atoms with van der Waals surface area (Å²) in [5.41, 5.74) is 6.43. The van der Waals surface area contributed by atoms with Gasteiger partial charge in [-0.15, -0.1) is 0 Å².